The second-order valence-corrected chi connectivity index (χ2v) is 10.5. The second-order valence-electron chi connectivity index (χ2n) is 7.66. The predicted octanol–water partition coefficient (Wildman–Crippen LogP) is 4.62. The Bertz CT molecular complexity index is 1180. The Labute approximate surface area is 191 Å². The SMILES string of the molecule is CC1Cc2ccccc2N1C(=O)CN(Cc1ccccc1)S(=O)(=O)c1ccc(Br)cc1. The van der Waals surface area contributed by atoms with Crippen LogP contribution in [0.25, 0.3) is 0 Å². The third-order valence-corrected chi connectivity index (χ3v) is 7.78. The first-order valence-corrected chi connectivity index (χ1v) is 12.3. The number of sulfonamides is 1. The molecule has 1 unspecified atom stereocenters. The number of fused-ring (bicyclic) bond motifs is 1. The highest BCUT2D eigenvalue weighted by Gasteiger charge is 2.34. The summed E-state index contributed by atoms with van der Waals surface area (Å²) in [6.45, 7) is 1.88. The summed E-state index contributed by atoms with van der Waals surface area (Å²) in [6.07, 6.45) is 0.764. The van der Waals surface area contributed by atoms with Crippen LogP contribution in [0.4, 0.5) is 5.69 Å². The summed E-state index contributed by atoms with van der Waals surface area (Å²) in [7, 11) is -3.87. The molecule has 0 saturated carbocycles. The number of hydrogen-bond acceptors (Lipinski definition) is 3. The van der Waals surface area contributed by atoms with Crippen LogP contribution in [0.1, 0.15) is 18.1 Å². The lowest BCUT2D eigenvalue weighted by molar-refractivity contribution is -0.119. The van der Waals surface area contributed by atoms with E-state index in [0.29, 0.717) is 0 Å². The van der Waals surface area contributed by atoms with Gasteiger partial charge in [-0.1, -0.05) is 64.5 Å². The Balaban J connectivity index is 1.66. The first-order valence-electron chi connectivity index (χ1n) is 10.1. The van der Waals surface area contributed by atoms with Crippen LogP contribution in [-0.2, 0) is 27.8 Å². The summed E-state index contributed by atoms with van der Waals surface area (Å²) in [5, 5.41) is 0. The smallest absolute Gasteiger partial charge is 0.243 e. The molecule has 0 fully saturated rings. The number of hydrogen-bond donors (Lipinski definition) is 0. The molecular weight excluding hydrogens is 476 g/mol. The number of rotatable bonds is 6. The summed E-state index contributed by atoms with van der Waals surface area (Å²) in [5.74, 6) is -0.228. The molecule has 0 saturated heterocycles. The van der Waals surface area contributed by atoms with Gasteiger partial charge in [0.05, 0.1) is 11.4 Å². The van der Waals surface area contributed by atoms with Crippen LogP contribution >= 0.6 is 15.9 Å². The van der Waals surface area contributed by atoms with E-state index in [1.54, 1.807) is 29.2 Å². The van der Waals surface area contributed by atoms with E-state index in [1.807, 2.05) is 61.5 Å². The van der Waals surface area contributed by atoms with Gasteiger partial charge in [0.2, 0.25) is 15.9 Å². The first-order chi connectivity index (χ1) is 14.9. The van der Waals surface area contributed by atoms with Gasteiger partial charge < -0.3 is 4.90 Å². The lowest BCUT2D eigenvalue weighted by atomic mass is 10.1. The van der Waals surface area contributed by atoms with Crippen LogP contribution in [0.5, 0.6) is 0 Å². The van der Waals surface area contributed by atoms with Crippen LogP contribution in [0.2, 0.25) is 0 Å². The lowest BCUT2D eigenvalue weighted by Crippen LogP contribution is -2.44. The van der Waals surface area contributed by atoms with Crippen LogP contribution in [0, 0.1) is 0 Å². The highest BCUT2D eigenvalue weighted by Crippen LogP contribution is 2.32. The molecule has 5 nitrogen and oxygen atoms in total. The number of anilines is 1. The molecule has 160 valence electrons. The zero-order valence-electron chi connectivity index (χ0n) is 17.1. The van der Waals surface area contributed by atoms with Gasteiger partial charge in [0.1, 0.15) is 0 Å². The number of nitrogens with zero attached hydrogens (tertiary/aromatic N) is 2. The third kappa shape index (κ3) is 4.59. The van der Waals surface area contributed by atoms with E-state index in [-0.39, 0.29) is 29.9 Å². The molecular formula is C24H23BrN2O3S. The predicted molar refractivity (Wildman–Crippen MR) is 125 cm³/mol. The fourth-order valence-electron chi connectivity index (χ4n) is 3.94. The Kier molecular flexibility index (Phi) is 6.27. The molecule has 0 aromatic heterocycles. The molecule has 1 amide bonds. The van der Waals surface area contributed by atoms with Gasteiger partial charge in [0.25, 0.3) is 0 Å². The minimum atomic E-state index is -3.87. The van der Waals surface area contributed by atoms with Crippen molar-refractivity contribution in [2.24, 2.45) is 0 Å². The summed E-state index contributed by atoms with van der Waals surface area (Å²) in [6, 6.07) is 23.6. The molecule has 1 atom stereocenters. The average Bonchev–Trinajstić information content (AvgIpc) is 3.10. The minimum absolute atomic E-state index is 0.0149. The molecule has 3 aromatic rings. The summed E-state index contributed by atoms with van der Waals surface area (Å²) in [5.41, 5.74) is 2.79. The van der Waals surface area contributed by atoms with Crippen molar-refractivity contribution in [2.45, 2.75) is 30.8 Å². The van der Waals surface area contributed by atoms with E-state index in [9.17, 15) is 13.2 Å². The Hall–Kier alpha value is -2.48. The number of benzene rings is 3. The molecule has 0 radical (unpaired) electrons. The number of carbonyl (C=O) groups is 1. The van der Waals surface area contributed by atoms with Gasteiger partial charge >= 0.3 is 0 Å². The Morgan fingerprint density at radius 1 is 1.00 bits per heavy atom. The number of amides is 1. The van der Waals surface area contributed by atoms with E-state index in [2.05, 4.69) is 15.9 Å². The van der Waals surface area contributed by atoms with Gasteiger partial charge in [-0.2, -0.15) is 4.31 Å². The maximum atomic E-state index is 13.5. The highest BCUT2D eigenvalue weighted by molar-refractivity contribution is 9.10. The number of carbonyl (C=O) groups excluding carboxylic acids is 1. The highest BCUT2D eigenvalue weighted by atomic mass is 79.9. The summed E-state index contributed by atoms with van der Waals surface area (Å²) < 4.78 is 29.0. The van der Waals surface area contributed by atoms with E-state index in [1.165, 1.54) is 4.31 Å². The quantitative estimate of drug-likeness (QED) is 0.498. The topological polar surface area (TPSA) is 57.7 Å². The van der Waals surface area contributed by atoms with Crippen LogP contribution in [-0.4, -0.2) is 31.2 Å². The Morgan fingerprint density at radius 2 is 1.65 bits per heavy atom. The van der Waals surface area contributed by atoms with E-state index in [4.69, 9.17) is 0 Å². The van der Waals surface area contributed by atoms with Crippen LogP contribution < -0.4 is 4.90 Å². The minimum Gasteiger partial charge on any atom is -0.308 e. The molecule has 4 rings (SSSR count). The molecule has 3 aromatic carbocycles. The first kappa shape index (κ1) is 21.7. The molecule has 0 aliphatic carbocycles. The van der Waals surface area contributed by atoms with Crippen molar-refractivity contribution in [1.82, 2.24) is 4.31 Å². The lowest BCUT2D eigenvalue weighted by Gasteiger charge is -2.27. The molecule has 1 aliphatic heterocycles. The summed E-state index contributed by atoms with van der Waals surface area (Å²) >= 11 is 3.34. The molecule has 7 heteroatoms. The van der Waals surface area contributed by atoms with Crippen LogP contribution in [0.3, 0.4) is 0 Å². The van der Waals surface area contributed by atoms with E-state index < -0.39 is 10.0 Å². The zero-order chi connectivity index (χ0) is 22.0. The van der Waals surface area contributed by atoms with Crippen molar-refractivity contribution in [3.63, 3.8) is 0 Å². The molecule has 31 heavy (non-hydrogen) atoms. The second kappa shape index (κ2) is 8.94. The Morgan fingerprint density at radius 3 is 2.35 bits per heavy atom. The van der Waals surface area contributed by atoms with Gasteiger partial charge in [0.15, 0.2) is 0 Å². The zero-order valence-corrected chi connectivity index (χ0v) is 19.5. The monoisotopic (exact) mass is 498 g/mol. The van der Waals surface area contributed by atoms with E-state index in [0.717, 1.165) is 27.7 Å². The fraction of sp³-hybridized carbons (Fsp3) is 0.208. The van der Waals surface area contributed by atoms with Gasteiger partial charge in [-0.15, -0.1) is 0 Å². The third-order valence-electron chi connectivity index (χ3n) is 5.44. The molecule has 0 spiro atoms. The normalized spacial score (nSPS) is 15.8. The van der Waals surface area contributed by atoms with Crippen molar-refractivity contribution < 1.29 is 13.2 Å². The van der Waals surface area contributed by atoms with Crippen LogP contribution in [0.15, 0.2) is 88.2 Å². The average molecular weight is 499 g/mol. The fourth-order valence-corrected chi connectivity index (χ4v) is 5.58. The summed E-state index contributed by atoms with van der Waals surface area (Å²) in [4.78, 5) is 15.3. The van der Waals surface area contributed by atoms with Crippen molar-refractivity contribution in [1.29, 1.82) is 0 Å². The maximum Gasteiger partial charge on any atom is 0.243 e. The molecule has 0 bridgehead atoms. The van der Waals surface area contributed by atoms with Gasteiger partial charge in [0, 0.05) is 22.7 Å². The van der Waals surface area contributed by atoms with Crippen molar-refractivity contribution in [2.75, 3.05) is 11.4 Å². The largest absolute Gasteiger partial charge is 0.308 e. The number of halogens is 1. The molecule has 1 heterocycles. The molecule has 0 N–H and O–H groups in total. The van der Waals surface area contributed by atoms with Crippen molar-refractivity contribution >= 4 is 37.5 Å². The van der Waals surface area contributed by atoms with Crippen molar-refractivity contribution in [3.8, 4) is 0 Å². The molecule has 1 aliphatic rings. The van der Waals surface area contributed by atoms with E-state index >= 15 is 0 Å². The van der Waals surface area contributed by atoms with Gasteiger partial charge in [-0.3, -0.25) is 4.79 Å². The van der Waals surface area contributed by atoms with Gasteiger partial charge in [-0.25, -0.2) is 8.42 Å². The van der Waals surface area contributed by atoms with Crippen molar-refractivity contribution in [3.05, 3.63) is 94.5 Å². The standard InChI is InChI=1S/C24H23BrN2O3S/c1-18-15-20-9-5-6-10-23(20)27(18)24(28)17-26(16-19-7-3-2-4-8-19)31(29,30)22-13-11-21(25)12-14-22/h2-14,18H,15-17H2,1H3. The maximum absolute atomic E-state index is 13.5. The number of para-hydroxylation sites is 1. The van der Waals surface area contributed by atoms with Gasteiger partial charge in [-0.05, 0) is 54.8 Å².